The molecule has 2 nitrogen and oxygen atoms in total. The van der Waals surface area contributed by atoms with Crippen molar-refractivity contribution in [1.82, 2.24) is 0 Å². The Kier molecular flexibility index (Phi) is 5.82. The Bertz CT molecular complexity index is 593. The monoisotopic (exact) mass is 302 g/mol. The molecule has 0 unspecified atom stereocenters. The smallest absolute Gasteiger partial charge is 0.164 e. The summed E-state index contributed by atoms with van der Waals surface area (Å²) in [6.07, 6.45) is 1.24. The molecule has 3 heteroatoms. The number of carbonyl (C=O) groups excluding carboxylic acids is 1. The third kappa shape index (κ3) is 4.61. The first-order valence-electron chi connectivity index (χ1n) is 7.07. The molecule has 0 radical (unpaired) electrons. The number of alkyl halides is 1. The van der Waals surface area contributed by atoms with E-state index in [-0.39, 0.29) is 5.78 Å². The summed E-state index contributed by atoms with van der Waals surface area (Å²) in [7, 11) is 0. The summed E-state index contributed by atoms with van der Waals surface area (Å²) in [4.78, 5) is 11.8. The van der Waals surface area contributed by atoms with Crippen LogP contribution in [0.15, 0.2) is 48.5 Å². The predicted octanol–water partition coefficient (Wildman–Crippen LogP) is 4.43. The Labute approximate surface area is 130 Å². The fraction of sp³-hybridized carbons (Fsp3) is 0.278. The molecule has 2 aromatic rings. The molecule has 0 aromatic heterocycles. The van der Waals surface area contributed by atoms with Crippen LogP contribution in [0, 0.1) is 6.92 Å². The van der Waals surface area contributed by atoms with Gasteiger partial charge in [-0.25, -0.2) is 0 Å². The van der Waals surface area contributed by atoms with Gasteiger partial charge < -0.3 is 4.74 Å². The van der Waals surface area contributed by atoms with Crippen LogP contribution in [-0.4, -0.2) is 18.3 Å². The van der Waals surface area contributed by atoms with Crippen molar-refractivity contribution in [1.29, 1.82) is 0 Å². The van der Waals surface area contributed by atoms with Gasteiger partial charge in [-0.05, 0) is 36.2 Å². The van der Waals surface area contributed by atoms with E-state index >= 15 is 0 Å². The minimum absolute atomic E-state index is 0.0731. The molecule has 2 rings (SSSR count). The number of benzene rings is 2. The second-order valence-electron chi connectivity index (χ2n) is 4.93. The SMILES string of the molecule is Cc1cc(C(=O)CCCl)ccc1OCCc1ccccc1. The number of ether oxygens (including phenoxy) is 1. The average molecular weight is 303 g/mol. The van der Waals surface area contributed by atoms with Gasteiger partial charge in [-0.1, -0.05) is 30.3 Å². The molecule has 0 heterocycles. The van der Waals surface area contributed by atoms with Crippen LogP contribution in [0.3, 0.4) is 0 Å². The topological polar surface area (TPSA) is 26.3 Å². The number of rotatable bonds is 7. The van der Waals surface area contributed by atoms with Gasteiger partial charge in [0.1, 0.15) is 5.75 Å². The summed E-state index contributed by atoms with van der Waals surface area (Å²) in [5.74, 6) is 1.25. The number of hydrogen-bond acceptors (Lipinski definition) is 2. The van der Waals surface area contributed by atoms with Crippen molar-refractivity contribution in [3.8, 4) is 5.75 Å². The molecule has 0 atom stereocenters. The second kappa shape index (κ2) is 7.84. The largest absolute Gasteiger partial charge is 0.493 e. The summed E-state index contributed by atoms with van der Waals surface area (Å²) >= 11 is 5.60. The van der Waals surface area contributed by atoms with Crippen molar-refractivity contribution < 1.29 is 9.53 Å². The first kappa shape index (κ1) is 15.6. The molecule has 0 aliphatic carbocycles. The van der Waals surface area contributed by atoms with Crippen molar-refractivity contribution in [2.24, 2.45) is 0 Å². The summed E-state index contributed by atoms with van der Waals surface area (Å²) in [5, 5.41) is 0. The Balaban J connectivity index is 1.93. The molecule has 0 spiro atoms. The quantitative estimate of drug-likeness (QED) is 0.559. The number of aryl methyl sites for hydroxylation is 1. The fourth-order valence-electron chi connectivity index (χ4n) is 2.14. The fourth-order valence-corrected chi connectivity index (χ4v) is 2.31. The molecule has 2 aromatic carbocycles. The Hall–Kier alpha value is -1.80. The van der Waals surface area contributed by atoms with E-state index < -0.39 is 0 Å². The molecule has 21 heavy (non-hydrogen) atoms. The van der Waals surface area contributed by atoms with E-state index in [1.54, 1.807) is 6.07 Å². The highest BCUT2D eigenvalue weighted by Gasteiger charge is 2.08. The zero-order valence-electron chi connectivity index (χ0n) is 12.1. The minimum atomic E-state index is 0.0731. The number of carbonyl (C=O) groups is 1. The second-order valence-corrected chi connectivity index (χ2v) is 5.30. The van der Waals surface area contributed by atoms with Gasteiger partial charge in [-0.3, -0.25) is 4.79 Å². The molecule has 0 fully saturated rings. The van der Waals surface area contributed by atoms with Crippen LogP contribution in [0.25, 0.3) is 0 Å². The van der Waals surface area contributed by atoms with Crippen LogP contribution in [0.2, 0.25) is 0 Å². The number of halogens is 1. The van der Waals surface area contributed by atoms with E-state index in [1.165, 1.54) is 5.56 Å². The molecule has 0 aliphatic rings. The normalized spacial score (nSPS) is 10.4. The van der Waals surface area contributed by atoms with Gasteiger partial charge in [0.05, 0.1) is 6.61 Å². The van der Waals surface area contributed by atoms with E-state index in [1.807, 2.05) is 37.3 Å². The van der Waals surface area contributed by atoms with Crippen molar-refractivity contribution in [2.75, 3.05) is 12.5 Å². The summed E-state index contributed by atoms with van der Waals surface area (Å²) in [6, 6.07) is 15.8. The highest BCUT2D eigenvalue weighted by molar-refractivity contribution is 6.19. The van der Waals surface area contributed by atoms with Gasteiger partial charge in [0, 0.05) is 24.3 Å². The number of hydrogen-bond donors (Lipinski definition) is 0. The van der Waals surface area contributed by atoms with Gasteiger partial charge in [-0.15, -0.1) is 11.6 Å². The van der Waals surface area contributed by atoms with E-state index in [0.29, 0.717) is 24.5 Å². The first-order valence-corrected chi connectivity index (χ1v) is 7.60. The van der Waals surface area contributed by atoms with Crippen molar-refractivity contribution in [3.63, 3.8) is 0 Å². The van der Waals surface area contributed by atoms with E-state index in [9.17, 15) is 4.79 Å². The molecular formula is C18H19ClO2. The molecular weight excluding hydrogens is 284 g/mol. The molecule has 0 saturated carbocycles. The predicted molar refractivity (Wildman–Crippen MR) is 86.5 cm³/mol. The maximum absolute atomic E-state index is 11.8. The molecule has 110 valence electrons. The maximum atomic E-state index is 11.8. The zero-order valence-corrected chi connectivity index (χ0v) is 12.9. The summed E-state index contributed by atoms with van der Waals surface area (Å²) in [6.45, 7) is 2.58. The van der Waals surface area contributed by atoms with Gasteiger partial charge >= 0.3 is 0 Å². The Morgan fingerprint density at radius 3 is 2.57 bits per heavy atom. The molecule has 0 bridgehead atoms. The lowest BCUT2D eigenvalue weighted by molar-refractivity contribution is 0.0989. The number of ketones is 1. The van der Waals surface area contributed by atoms with Crippen LogP contribution in [-0.2, 0) is 6.42 Å². The summed E-state index contributed by atoms with van der Waals surface area (Å²) < 4.78 is 5.80. The average Bonchev–Trinajstić information content (AvgIpc) is 2.50. The lowest BCUT2D eigenvalue weighted by Gasteiger charge is -2.10. The van der Waals surface area contributed by atoms with Gasteiger partial charge in [0.25, 0.3) is 0 Å². The minimum Gasteiger partial charge on any atom is -0.493 e. The molecule has 0 amide bonds. The highest BCUT2D eigenvalue weighted by Crippen LogP contribution is 2.20. The van der Waals surface area contributed by atoms with Gasteiger partial charge in [0.2, 0.25) is 0 Å². The molecule has 0 N–H and O–H groups in total. The van der Waals surface area contributed by atoms with Crippen molar-refractivity contribution >= 4 is 17.4 Å². The van der Waals surface area contributed by atoms with Crippen LogP contribution < -0.4 is 4.74 Å². The van der Waals surface area contributed by atoms with Crippen LogP contribution in [0.5, 0.6) is 5.75 Å². The summed E-state index contributed by atoms with van der Waals surface area (Å²) in [5.41, 5.74) is 2.93. The van der Waals surface area contributed by atoms with Crippen molar-refractivity contribution in [2.45, 2.75) is 19.8 Å². The standard InChI is InChI=1S/C18H19ClO2/c1-14-13-16(17(20)9-11-19)7-8-18(14)21-12-10-15-5-3-2-4-6-15/h2-8,13H,9-12H2,1H3. The molecule has 0 aliphatic heterocycles. The maximum Gasteiger partial charge on any atom is 0.164 e. The lowest BCUT2D eigenvalue weighted by Crippen LogP contribution is -2.04. The van der Waals surface area contributed by atoms with Gasteiger partial charge in [-0.2, -0.15) is 0 Å². The third-order valence-corrected chi connectivity index (χ3v) is 3.50. The zero-order chi connectivity index (χ0) is 15.1. The third-order valence-electron chi connectivity index (χ3n) is 3.31. The lowest BCUT2D eigenvalue weighted by atomic mass is 10.1. The van der Waals surface area contributed by atoms with Crippen LogP contribution in [0.1, 0.15) is 27.9 Å². The van der Waals surface area contributed by atoms with E-state index in [2.05, 4.69) is 12.1 Å². The van der Waals surface area contributed by atoms with Crippen molar-refractivity contribution in [3.05, 3.63) is 65.2 Å². The Morgan fingerprint density at radius 1 is 1.14 bits per heavy atom. The number of Topliss-reactive ketones (excluding diaryl/α,β-unsaturated/α-hetero) is 1. The first-order chi connectivity index (χ1) is 10.2. The van der Waals surface area contributed by atoms with Gasteiger partial charge in [0.15, 0.2) is 5.78 Å². The molecule has 0 saturated heterocycles. The highest BCUT2D eigenvalue weighted by atomic mass is 35.5. The van der Waals surface area contributed by atoms with E-state index in [0.717, 1.165) is 17.7 Å². The van der Waals surface area contributed by atoms with E-state index in [4.69, 9.17) is 16.3 Å². The van der Waals surface area contributed by atoms with Crippen LogP contribution in [0.4, 0.5) is 0 Å². The Morgan fingerprint density at radius 2 is 1.90 bits per heavy atom. The van der Waals surface area contributed by atoms with Crippen LogP contribution >= 0.6 is 11.6 Å².